The van der Waals surface area contributed by atoms with Gasteiger partial charge in [-0.1, -0.05) is 136 Å². The fraction of sp³-hybridized carbons (Fsp3) is 0.116. The average molecular weight is 566 g/mol. The van der Waals surface area contributed by atoms with Crippen LogP contribution in [0.4, 0.5) is 0 Å². The fourth-order valence-corrected chi connectivity index (χ4v) is 6.99. The van der Waals surface area contributed by atoms with Gasteiger partial charge in [-0.05, 0) is 92.0 Å². The van der Waals surface area contributed by atoms with E-state index in [-0.39, 0.29) is 5.41 Å². The van der Waals surface area contributed by atoms with Gasteiger partial charge in [0.15, 0.2) is 0 Å². The van der Waals surface area contributed by atoms with E-state index in [1.165, 1.54) is 82.4 Å². The smallest absolute Gasteiger partial charge is 0.0541 e. The second-order valence-corrected chi connectivity index (χ2v) is 13.1. The Bertz CT molecular complexity index is 2310. The van der Waals surface area contributed by atoms with Crippen molar-refractivity contribution in [1.82, 2.24) is 4.57 Å². The van der Waals surface area contributed by atoms with Crippen molar-refractivity contribution in [2.75, 3.05) is 0 Å². The third-order valence-corrected chi connectivity index (χ3v) is 9.20. The number of nitrogens with zero attached hydrogens (tertiary/aromatic N) is 1. The summed E-state index contributed by atoms with van der Waals surface area (Å²) >= 11 is 0. The minimum absolute atomic E-state index is 0.0427. The quantitative estimate of drug-likeness (QED) is 0.188. The summed E-state index contributed by atoms with van der Waals surface area (Å²) in [5.74, 6) is 0. The van der Waals surface area contributed by atoms with Gasteiger partial charge in [-0.3, -0.25) is 0 Å². The maximum Gasteiger partial charge on any atom is 0.0541 e. The van der Waals surface area contributed by atoms with Crippen LogP contribution in [0.1, 0.15) is 31.9 Å². The van der Waals surface area contributed by atoms with Crippen LogP contribution in [0.3, 0.4) is 0 Å². The lowest BCUT2D eigenvalue weighted by atomic mass is 9.81. The normalized spacial score (nSPS) is 12.1. The Kier molecular flexibility index (Phi) is 6.00. The molecule has 0 aliphatic heterocycles. The molecule has 0 aliphatic carbocycles. The molecule has 212 valence electrons. The van der Waals surface area contributed by atoms with Crippen molar-refractivity contribution in [2.45, 2.75) is 33.1 Å². The summed E-state index contributed by atoms with van der Waals surface area (Å²) in [6, 6.07) is 51.7. The first-order valence-corrected chi connectivity index (χ1v) is 15.5. The standard InChI is InChI=1S/C43H35N/c1-28-20-22-29(23-21-28)41-35-16-5-6-17-36(35)42(37-25-24-31(27-38(37)41)43(2,3)4)30-12-11-13-32(26-30)44-39-18-9-7-14-33(39)34-15-8-10-19-40(34)44/h5-27H,1-4H3. The molecule has 1 aromatic heterocycles. The van der Waals surface area contributed by atoms with E-state index >= 15 is 0 Å². The Morgan fingerprint density at radius 3 is 1.59 bits per heavy atom. The van der Waals surface area contributed by atoms with Crippen molar-refractivity contribution in [2.24, 2.45) is 0 Å². The van der Waals surface area contributed by atoms with E-state index < -0.39 is 0 Å². The highest BCUT2D eigenvalue weighted by molar-refractivity contribution is 6.21. The van der Waals surface area contributed by atoms with E-state index in [1.807, 2.05) is 0 Å². The summed E-state index contributed by atoms with van der Waals surface area (Å²) in [6.45, 7) is 9.07. The summed E-state index contributed by atoms with van der Waals surface area (Å²) in [7, 11) is 0. The summed E-state index contributed by atoms with van der Waals surface area (Å²) in [6.07, 6.45) is 0. The number of para-hydroxylation sites is 2. The summed E-state index contributed by atoms with van der Waals surface area (Å²) in [4.78, 5) is 0. The van der Waals surface area contributed by atoms with Crippen molar-refractivity contribution in [3.05, 3.63) is 151 Å². The molecular weight excluding hydrogens is 530 g/mol. The van der Waals surface area contributed by atoms with Crippen LogP contribution < -0.4 is 0 Å². The van der Waals surface area contributed by atoms with Gasteiger partial charge < -0.3 is 4.57 Å². The van der Waals surface area contributed by atoms with E-state index in [9.17, 15) is 0 Å². The first kappa shape index (κ1) is 26.5. The highest BCUT2D eigenvalue weighted by Gasteiger charge is 2.21. The molecule has 0 unspecified atom stereocenters. The molecule has 0 N–H and O–H groups in total. The van der Waals surface area contributed by atoms with Gasteiger partial charge in [0.1, 0.15) is 0 Å². The Labute approximate surface area is 259 Å². The number of fused-ring (bicyclic) bond motifs is 5. The molecular formula is C43H35N. The average Bonchev–Trinajstić information content (AvgIpc) is 3.38. The number of hydrogen-bond donors (Lipinski definition) is 0. The predicted molar refractivity (Wildman–Crippen MR) is 190 cm³/mol. The first-order chi connectivity index (χ1) is 21.4. The van der Waals surface area contributed by atoms with Crippen molar-refractivity contribution in [3.63, 3.8) is 0 Å². The van der Waals surface area contributed by atoms with Crippen molar-refractivity contribution in [1.29, 1.82) is 0 Å². The molecule has 1 nitrogen and oxygen atoms in total. The predicted octanol–water partition coefficient (Wildman–Crippen LogP) is 12.0. The number of rotatable bonds is 3. The zero-order chi connectivity index (χ0) is 30.0. The molecule has 1 heteroatoms. The molecule has 0 saturated heterocycles. The van der Waals surface area contributed by atoms with E-state index in [0.29, 0.717) is 0 Å². The van der Waals surface area contributed by atoms with Crippen LogP contribution in [0.25, 0.3) is 71.3 Å². The molecule has 0 fully saturated rings. The van der Waals surface area contributed by atoms with Crippen LogP contribution in [0.15, 0.2) is 140 Å². The van der Waals surface area contributed by atoms with Crippen molar-refractivity contribution < 1.29 is 0 Å². The van der Waals surface area contributed by atoms with Gasteiger partial charge in [0.05, 0.1) is 11.0 Å². The molecule has 0 spiro atoms. The second-order valence-electron chi connectivity index (χ2n) is 13.1. The van der Waals surface area contributed by atoms with Crippen LogP contribution in [-0.4, -0.2) is 4.57 Å². The van der Waals surface area contributed by atoms with Gasteiger partial charge in [0.25, 0.3) is 0 Å². The Morgan fingerprint density at radius 1 is 0.432 bits per heavy atom. The molecule has 0 bridgehead atoms. The number of hydrogen-bond acceptors (Lipinski definition) is 0. The molecule has 8 aromatic rings. The molecule has 0 aliphatic rings. The van der Waals surface area contributed by atoms with Gasteiger partial charge in [-0.2, -0.15) is 0 Å². The van der Waals surface area contributed by atoms with Crippen LogP contribution in [0.2, 0.25) is 0 Å². The zero-order valence-electron chi connectivity index (χ0n) is 25.7. The Hall–Kier alpha value is -5.14. The lowest BCUT2D eigenvalue weighted by molar-refractivity contribution is 0.591. The highest BCUT2D eigenvalue weighted by Crippen LogP contribution is 2.45. The first-order valence-electron chi connectivity index (χ1n) is 15.5. The number of aryl methyl sites for hydroxylation is 1. The lowest BCUT2D eigenvalue weighted by Gasteiger charge is -2.23. The van der Waals surface area contributed by atoms with Gasteiger partial charge in [-0.25, -0.2) is 0 Å². The van der Waals surface area contributed by atoms with Crippen molar-refractivity contribution in [3.8, 4) is 27.9 Å². The van der Waals surface area contributed by atoms with Gasteiger partial charge in [0, 0.05) is 16.5 Å². The highest BCUT2D eigenvalue weighted by atomic mass is 15.0. The Balaban J connectivity index is 1.46. The molecule has 0 radical (unpaired) electrons. The molecule has 1 heterocycles. The fourth-order valence-electron chi connectivity index (χ4n) is 6.99. The molecule has 7 aromatic carbocycles. The van der Waals surface area contributed by atoms with Crippen molar-refractivity contribution >= 4 is 43.4 Å². The summed E-state index contributed by atoms with van der Waals surface area (Å²) in [5, 5.41) is 7.71. The van der Waals surface area contributed by atoms with Crippen LogP contribution in [0.5, 0.6) is 0 Å². The third-order valence-electron chi connectivity index (χ3n) is 9.20. The summed E-state index contributed by atoms with van der Waals surface area (Å²) in [5.41, 5.74) is 11.4. The lowest BCUT2D eigenvalue weighted by Crippen LogP contribution is -2.10. The molecule has 0 atom stereocenters. The molecule has 8 rings (SSSR count). The van der Waals surface area contributed by atoms with Crippen LogP contribution in [-0.2, 0) is 5.41 Å². The monoisotopic (exact) mass is 565 g/mol. The van der Waals surface area contributed by atoms with E-state index in [0.717, 1.165) is 0 Å². The Morgan fingerprint density at radius 2 is 0.977 bits per heavy atom. The van der Waals surface area contributed by atoms with Gasteiger partial charge in [0.2, 0.25) is 0 Å². The maximum atomic E-state index is 2.44. The SMILES string of the molecule is Cc1ccc(-c2c3ccccc3c(-c3cccc(-n4c5ccccc5c5ccccc54)c3)c3ccc(C(C)(C)C)cc23)cc1. The van der Waals surface area contributed by atoms with Crippen LogP contribution >= 0.6 is 0 Å². The minimum Gasteiger partial charge on any atom is -0.309 e. The zero-order valence-corrected chi connectivity index (χ0v) is 25.7. The van der Waals surface area contributed by atoms with E-state index in [1.54, 1.807) is 0 Å². The second kappa shape index (κ2) is 9.96. The van der Waals surface area contributed by atoms with E-state index in [4.69, 9.17) is 0 Å². The largest absolute Gasteiger partial charge is 0.309 e. The molecule has 0 amide bonds. The topological polar surface area (TPSA) is 4.93 Å². The maximum absolute atomic E-state index is 2.44. The number of benzene rings is 7. The van der Waals surface area contributed by atoms with Crippen LogP contribution in [0, 0.1) is 6.92 Å². The molecule has 44 heavy (non-hydrogen) atoms. The van der Waals surface area contributed by atoms with Gasteiger partial charge in [-0.15, -0.1) is 0 Å². The third kappa shape index (κ3) is 4.15. The van der Waals surface area contributed by atoms with E-state index in [2.05, 4.69) is 172 Å². The van der Waals surface area contributed by atoms with Gasteiger partial charge >= 0.3 is 0 Å². The molecule has 0 saturated carbocycles. The summed E-state index contributed by atoms with van der Waals surface area (Å²) < 4.78 is 2.41. The minimum atomic E-state index is 0.0427. The number of aromatic nitrogens is 1.